The lowest BCUT2D eigenvalue weighted by Crippen LogP contribution is -2.35. The van der Waals surface area contributed by atoms with Gasteiger partial charge in [0.25, 0.3) is 0 Å². The number of carbonyl (C=O) groups excluding carboxylic acids is 1. The minimum Gasteiger partial charge on any atom is -0.299 e. The summed E-state index contributed by atoms with van der Waals surface area (Å²) in [5.74, 6) is 0.177. The van der Waals surface area contributed by atoms with Crippen molar-refractivity contribution in [2.24, 2.45) is 16.4 Å². The first kappa shape index (κ1) is 13.8. The van der Waals surface area contributed by atoms with Crippen LogP contribution in [0.4, 0.5) is 0 Å². The van der Waals surface area contributed by atoms with E-state index in [2.05, 4.69) is 29.9 Å². The summed E-state index contributed by atoms with van der Waals surface area (Å²) in [6.07, 6.45) is 4.58. The van der Waals surface area contributed by atoms with E-state index in [-0.39, 0.29) is 23.2 Å². The first-order valence-corrected chi connectivity index (χ1v) is 6.12. The molecule has 1 aliphatic rings. The summed E-state index contributed by atoms with van der Waals surface area (Å²) in [4.78, 5) is 15.0. The van der Waals surface area contributed by atoms with Gasteiger partial charge in [0.15, 0.2) is 0 Å². The van der Waals surface area contributed by atoms with Crippen molar-refractivity contribution in [2.45, 2.75) is 53.0 Å². The van der Waals surface area contributed by atoms with Gasteiger partial charge < -0.3 is 0 Å². The number of allylic oxidation sites excluding steroid dienone is 2. The summed E-state index contributed by atoms with van der Waals surface area (Å²) >= 11 is 0. The predicted octanol–water partition coefficient (Wildman–Crippen LogP) is 4.03. The summed E-state index contributed by atoms with van der Waals surface area (Å²) in [5.41, 5.74) is 9.54. The van der Waals surface area contributed by atoms with E-state index in [4.69, 9.17) is 5.53 Å². The molecular weight excluding hydrogens is 214 g/mol. The van der Waals surface area contributed by atoms with Crippen LogP contribution >= 0.6 is 0 Å². The third kappa shape index (κ3) is 3.34. The van der Waals surface area contributed by atoms with Gasteiger partial charge in [0.05, 0.1) is 0 Å². The molecule has 0 bridgehead atoms. The lowest BCUT2D eigenvalue weighted by atomic mass is 9.66. The van der Waals surface area contributed by atoms with Crippen molar-refractivity contribution in [3.05, 3.63) is 22.1 Å². The van der Waals surface area contributed by atoms with Gasteiger partial charge in [0.2, 0.25) is 0 Å². The monoisotopic (exact) mass is 235 g/mol. The molecule has 4 nitrogen and oxygen atoms in total. The van der Waals surface area contributed by atoms with Crippen molar-refractivity contribution >= 4 is 5.78 Å². The molecule has 0 aromatic heterocycles. The largest absolute Gasteiger partial charge is 0.299 e. The quantitative estimate of drug-likeness (QED) is 0.314. The summed E-state index contributed by atoms with van der Waals surface area (Å²) < 4.78 is 0. The van der Waals surface area contributed by atoms with Crippen molar-refractivity contribution < 1.29 is 4.79 Å². The molecule has 0 saturated carbocycles. The van der Waals surface area contributed by atoms with Crippen molar-refractivity contribution in [1.29, 1.82) is 0 Å². The van der Waals surface area contributed by atoms with Crippen molar-refractivity contribution in [1.82, 2.24) is 0 Å². The first-order valence-electron chi connectivity index (χ1n) is 6.12. The smallest absolute Gasteiger partial charge is 0.140 e. The maximum absolute atomic E-state index is 12.3. The topological polar surface area (TPSA) is 65.8 Å². The van der Waals surface area contributed by atoms with Crippen LogP contribution in [-0.2, 0) is 4.79 Å². The van der Waals surface area contributed by atoms with Crippen molar-refractivity contribution in [2.75, 3.05) is 0 Å². The number of azide groups is 1. The number of carbonyl (C=O) groups is 1. The van der Waals surface area contributed by atoms with Crippen LogP contribution in [0.5, 0.6) is 0 Å². The average molecular weight is 235 g/mol. The van der Waals surface area contributed by atoms with Gasteiger partial charge >= 0.3 is 0 Å². The van der Waals surface area contributed by atoms with Crippen LogP contribution < -0.4 is 0 Å². The van der Waals surface area contributed by atoms with Gasteiger partial charge in [-0.05, 0) is 30.7 Å². The molecule has 1 rings (SSSR count). The second-order valence-electron chi connectivity index (χ2n) is 5.63. The van der Waals surface area contributed by atoms with Gasteiger partial charge in [-0.2, -0.15) is 0 Å². The molecule has 2 atom stereocenters. The first-order chi connectivity index (χ1) is 7.88. The third-order valence-electron chi connectivity index (χ3n) is 3.56. The maximum atomic E-state index is 12.3. The van der Waals surface area contributed by atoms with Crippen LogP contribution in [0.2, 0.25) is 0 Å². The number of hydrogen-bond acceptors (Lipinski definition) is 2. The molecule has 0 amide bonds. The highest BCUT2D eigenvalue weighted by molar-refractivity contribution is 5.85. The minimum absolute atomic E-state index is 0.0198. The molecule has 0 saturated heterocycles. The van der Waals surface area contributed by atoms with E-state index >= 15 is 0 Å². The Kier molecular flexibility index (Phi) is 4.35. The Morgan fingerprint density at radius 2 is 2.35 bits per heavy atom. The van der Waals surface area contributed by atoms with Gasteiger partial charge in [0, 0.05) is 23.3 Å². The van der Waals surface area contributed by atoms with Gasteiger partial charge in [-0.15, -0.1) is 0 Å². The number of Topliss-reactive ketones (excluding diaryl/α,β-unsaturated/α-hetero) is 1. The van der Waals surface area contributed by atoms with E-state index in [1.54, 1.807) is 6.92 Å². The van der Waals surface area contributed by atoms with Crippen LogP contribution in [0.25, 0.3) is 10.4 Å². The molecular formula is C13H21N3O. The zero-order chi connectivity index (χ0) is 13.1. The lowest BCUT2D eigenvalue weighted by molar-refractivity contribution is -0.125. The summed E-state index contributed by atoms with van der Waals surface area (Å²) in [6.45, 7) is 8.10. The summed E-state index contributed by atoms with van der Waals surface area (Å²) in [5, 5.41) is 3.57. The Morgan fingerprint density at radius 3 is 2.88 bits per heavy atom. The van der Waals surface area contributed by atoms with Crippen LogP contribution in [0.3, 0.4) is 0 Å². The van der Waals surface area contributed by atoms with E-state index in [1.807, 2.05) is 6.92 Å². The Hall–Kier alpha value is -1.28. The highest BCUT2D eigenvalue weighted by Gasteiger charge is 2.37. The number of rotatable bonds is 4. The summed E-state index contributed by atoms with van der Waals surface area (Å²) in [6, 6.07) is -0.252. The molecule has 2 unspecified atom stereocenters. The molecule has 0 radical (unpaired) electrons. The fraction of sp³-hybridized carbons (Fsp3) is 0.769. The fourth-order valence-corrected chi connectivity index (χ4v) is 2.78. The van der Waals surface area contributed by atoms with Gasteiger partial charge in [-0.3, -0.25) is 4.79 Å². The average Bonchev–Trinajstić information content (AvgIpc) is 2.15. The molecule has 17 heavy (non-hydrogen) atoms. The Labute approximate surface area is 103 Å². The minimum atomic E-state index is -0.252. The molecule has 0 spiro atoms. The van der Waals surface area contributed by atoms with E-state index in [1.165, 1.54) is 5.57 Å². The van der Waals surface area contributed by atoms with E-state index in [9.17, 15) is 4.79 Å². The summed E-state index contributed by atoms with van der Waals surface area (Å²) in [7, 11) is 0. The van der Waals surface area contributed by atoms with Crippen LogP contribution in [0.15, 0.2) is 16.8 Å². The highest BCUT2D eigenvalue weighted by Crippen LogP contribution is 2.41. The normalized spacial score (nSPS) is 24.5. The van der Waals surface area contributed by atoms with Crippen molar-refractivity contribution in [3.8, 4) is 0 Å². The van der Waals surface area contributed by atoms with Gasteiger partial charge in [-0.1, -0.05) is 37.5 Å². The molecule has 0 aromatic carbocycles. The lowest BCUT2D eigenvalue weighted by Gasteiger charge is -2.37. The fourth-order valence-electron chi connectivity index (χ4n) is 2.78. The molecule has 0 N–H and O–H groups in total. The van der Waals surface area contributed by atoms with Crippen LogP contribution in [0.1, 0.15) is 47.0 Å². The molecule has 4 heteroatoms. The zero-order valence-corrected chi connectivity index (χ0v) is 11.1. The number of ketones is 1. The SMILES string of the molecule is CC1=CCCC(C)(C)C1C(=O)CC(C)N=[N+]=[N-]. The highest BCUT2D eigenvalue weighted by atomic mass is 16.1. The maximum Gasteiger partial charge on any atom is 0.140 e. The number of hydrogen-bond donors (Lipinski definition) is 0. The Morgan fingerprint density at radius 1 is 1.71 bits per heavy atom. The molecule has 0 aliphatic heterocycles. The van der Waals surface area contributed by atoms with Gasteiger partial charge in [0.1, 0.15) is 5.78 Å². The van der Waals surface area contributed by atoms with Gasteiger partial charge in [-0.25, -0.2) is 0 Å². The zero-order valence-electron chi connectivity index (χ0n) is 11.1. The standard InChI is InChI=1S/C13H21N3O/c1-9-6-5-7-13(3,4)12(9)11(17)8-10(2)15-16-14/h6,10,12H,5,7-8H2,1-4H3. The van der Waals surface area contributed by atoms with Crippen LogP contribution in [-0.4, -0.2) is 11.8 Å². The third-order valence-corrected chi connectivity index (χ3v) is 3.56. The molecule has 0 fully saturated rings. The molecule has 0 heterocycles. The molecule has 1 aliphatic carbocycles. The Bertz CT molecular complexity index is 378. The Balaban J connectivity index is 2.82. The second kappa shape index (κ2) is 5.37. The predicted molar refractivity (Wildman–Crippen MR) is 68.5 cm³/mol. The van der Waals surface area contributed by atoms with Crippen LogP contribution in [0, 0.1) is 11.3 Å². The molecule has 0 aromatic rings. The molecule has 94 valence electrons. The number of nitrogens with zero attached hydrogens (tertiary/aromatic N) is 3. The van der Waals surface area contributed by atoms with E-state index in [0.717, 1.165) is 12.8 Å². The van der Waals surface area contributed by atoms with E-state index in [0.29, 0.717) is 6.42 Å². The van der Waals surface area contributed by atoms with Crippen molar-refractivity contribution in [3.63, 3.8) is 0 Å². The second-order valence-corrected chi connectivity index (χ2v) is 5.63. The van der Waals surface area contributed by atoms with E-state index < -0.39 is 0 Å².